The van der Waals surface area contributed by atoms with Gasteiger partial charge < -0.3 is 20.3 Å². The van der Waals surface area contributed by atoms with Crippen LogP contribution in [0, 0.1) is 5.92 Å². The van der Waals surface area contributed by atoms with Gasteiger partial charge in [-0.1, -0.05) is 18.2 Å². The van der Waals surface area contributed by atoms with Gasteiger partial charge in [0.2, 0.25) is 11.8 Å². The third-order valence-electron chi connectivity index (χ3n) is 4.22. The Bertz CT molecular complexity index is 520. The zero-order valence-corrected chi connectivity index (χ0v) is 15.5. The molecule has 1 fully saturated rings. The molecule has 1 aromatic carbocycles. The second-order valence-electron chi connectivity index (χ2n) is 5.96. The molecule has 2 amide bonds. The maximum absolute atomic E-state index is 12.2. The van der Waals surface area contributed by atoms with Crippen LogP contribution in [0.15, 0.2) is 30.3 Å². The molecule has 2 N–H and O–H groups in total. The number of amides is 2. The van der Waals surface area contributed by atoms with Crippen LogP contribution in [-0.4, -0.2) is 56.5 Å². The van der Waals surface area contributed by atoms with Gasteiger partial charge in [-0.3, -0.25) is 9.59 Å². The van der Waals surface area contributed by atoms with Crippen molar-refractivity contribution in [1.29, 1.82) is 0 Å². The molecule has 0 unspecified atom stereocenters. The van der Waals surface area contributed by atoms with E-state index in [1.165, 1.54) is 0 Å². The molecular weight excluding hydrogens is 342 g/mol. The van der Waals surface area contributed by atoms with Crippen LogP contribution in [0.25, 0.3) is 0 Å². The summed E-state index contributed by atoms with van der Waals surface area (Å²) in [6.07, 6.45) is 1.83. The summed E-state index contributed by atoms with van der Waals surface area (Å²) in [6.45, 7) is 3.09. The first kappa shape index (κ1) is 21.3. The van der Waals surface area contributed by atoms with E-state index in [9.17, 15) is 9.59 Å². The molecule has 0 aromatic heterocycles. The second-order valence-corrected chi connectivity index (χ2v) is 5.96. The van der Waals surface area contributed by atoms with Crippen LogP contribution >= 0.6 is 12.4 Å². The van der Waals surface area contributed by atoms with Crippen molar-refractivity contribution in [3.8, 4) is 5.75 Å². The van der Waals surface area contributed by atoms with Gasteiger partial charge in [0.15, 0.2) is 0 Å². The number of nitrogens with one attached hydrogen (secondary N) is 2. The number of rotatable bonds is 8. The normalized spacial score (nSPS) is 14.5. The minimum atomic E-state index is 0. The molecule has 1 heterocycles. The quantitative estimate of drug-likeness (QED) is 0.680. The summed E-state index contributed by atoms with van der Waals surface area (Å²) in [6, 6.07) is 9.50. The lowest BCUT2D eigenvalue weighted by atomic mass is 9.95. The maximum atomic E-state index is 12.2. The summed E-state index contributed by atoms with van der Waals surface area (Å²) in [5, 5.41) is 5.92. The maximum Gasteiger partial charge on any atom is 0.225 e. The first-order chi connectivity index (χ1) is 11.7. The van der Waals surface area contributed by atoms with Crippen molar-refractivity contribution in [2.45, 2.75) is 19.3 Å². The molecule has 0 radical (unpaired) electrons. The Morgan fingerprint density at radius 1 is 1.16 bits per heavy atom. The molecule has 7 heteroatoms. The SMILES string of the molecule is CNCCNC(=O)C1CCN(C(=O)CCOc2ccccc2)CC1.Cl. The van der Waals surface area contributed by atoms with Crippen molar-refractivity contribution in [1.82, 2.24) is 15.5 Å². The number of hydrogen-bond donors (Lipinski definition) is 2. The summed E-state index contributed by atoms with van der Waals surface area (Å²) in [5.74, 6) is 0.999. The zero-order valence-electron chi connectivity index (χ0n) is 14.7. The Balaban J connectivity index is 0.00000312. The number of benzene rings is 1. The largest absolute Gasteiger partial charge is 0.493 e. The van der Waals surface area contributed by atoms with Gasteiger partial charge in [0.25, 0.3) is 0 Å². The highest BCUT2D eigenvalue weighted by atomic mass is 35.5. The average Bonchev–Trinajstić information content (AvgIpc) is 2.63. The average molecular weight is 370 g/mol. The molecule has 0 bridgehead atoms. The van der Waals surface area contributed by atoms with Crippen LogP contribution in [0.4, 0.5) is 0 Å². The molecule has 0 saturated carbocycles. The number of likely N-dealkylation sites (N-methyl/N-ethyl adjacent to an activating group) is 1. The van der Waals surface area contributed by atoms with Crippen LogP contribution < -0.4 is 15.4 Å². The lowest BCUT2D eigenvalue weighted by molar-refractivity contribution is -0.136. The third-order valence-corrected chi connectivity index (χ3v) is 4.22. The lowest BCUT2D eigenvalue weighted by Gasteiger charge is -2.31. The number of carbonyl (C=O) groups excluding carboxylic acids is 2. The van der Waals surface area contributed by atoms with E-state index in [-0.39, 0.29) is 30.1 Å². The van der Waals surface area contributed by atoms with E-state index in [0.717, 1.165) is 25.1 Å². The van der Waals surface area contributed by atoms with Gasteiger partial charge in [0.05, 0.1) is 13.0 Å². The number of para-hydroxylation sites is 1. The molecule has 1 aromatic rings. The van der Waals surface area contributed by atoms with E-state index in [4.69, 9.17) is 4.74 Å². The number of ether oxygens (including phenoxy) is 1. The highest BCUT2D eigenvalue weighted by Crippen LogP contribution is 2.18. The van der Waals surface area contributed by atoms with Crippen LogP contribution in [0.2, 0.25) is 0 Å². The fraction of sp³-hybridized carbons (Fsp3) is 0.556. The van der Waals surface area contributed by atoms with Gasteiger partial charge in [-0.25, -0.2) is 0 Å². The van der Waals surface area contributed by atoms with Crippen molar-refractivity contribution in [3.63, 3.8) is 0 Å². The smallest absolute Gasteiger partial charge is 0.225 e. The van der Waals surface area contributed by atoms with Gasteiger partial charge in [0.1, 0.15) is 5.75 Å². The second kappa shape index (κ2) is 11.7. The number of halogens is 1. The monoisotopic (exact) mass is 369 g/mol. The van der Waals surface area contributed by atoms with Crippen LogP contribution in [-0.2, 0) is 9.59 Å². The van der Waals surface area contributed by atoms with Crippen molar-refractivity contribution >= 4 is 24.2 Å². The summed E-state index contributed by atoms with van der Waals surface area (Å²) >= 11 is 0. The van der Waals surface area contributed by atoms with Crippen molar-refractivity contribution in [3.05, 3.63) is 30.3 Å². The number of likely N-dealkylation sites (tertiary alicyclic amines) is 1. The predicted molar refractivity (Wildman–Crippen MR) is 100 cm³/mol. The Morgan fingerprint density at radius 2 is 1.84 bits per heavy atom. The summed E-state index contributed by atoms with van der Waals surface area (Å²) < 4.78 is 5.56. The molecule has 0 atom stereocenters. The van der Waals surface area contributed by atoms with E-state index in [2.05, 4.69) is 10.6 Å². The molecule has 25 heavy (non-hydrogen) atoms. The van der Waals surface area contributed by atoms with Gasteiger partial charge in [-0.2, -0.15) is 0 Å². The molecule has 1 aliphatic heterocycles. The van der Waals surface area contributed by atoms with Crippen molar-refractivity contribution in [2.75, 3.05) is 39.8 Å². The van der Waals surface area contributed by atoms with Gasteiger partial charge >= 0.3 is 0 Å². The minimum Gasteiger partial charge on any atom is -0.493 e. The van der Waals surface area contributed by atoms with E-state index < -0.39 is 0 Å². The van der Waals surface area contributed by atoms with E-state index >= 15 is 0 Å². The topological polar surface area (TPSA) is 70.7 Å². The molecule has 1 aliphatic rings. The van der Waals surface area contributed by atoms with Crippen LogP contribution in [0.1, 0.15) is 19.3 Å². The fourth-order valence-corrected chi connectivity index (χ4v) is 2.78. The number of nitrogens with zero attached hydrogens (tertiary/aromatic N) is 1. The van der Waals surface area contributed by atoms with Crippen LogP contribution in [0.3, 0.4) is 0 Å². The molecule has 6 nitrogen and oxygen atoms in total. The fourth-order valence-electron chi connectivity index (χ4n) is 2.78. The molecule has 0 aliphatic carbocycles. The standard InChI is InChI=1S/C18H27N3O3.ClH/c1-19-10-11-20-18(23)15-7-12-21(13-8-15)17(22)9-14-24-16-5-3-2-4-6-16;/h2-6,15,19H,7-14H2,1H3,(H,20,23);1H. The highest BCUT2D eigenvalue weighted by molar-refractivity contribution is 5.85. The first-order valence-electron chi connectivity index (χ1n) is 8.58. The van der Waals surface area contributed by atoms with Gasteiger partial charge in [-0.05, 0) is 32.0 Å². The van der Waals surface area contributed by atoms with Gasteiger partial charge in [-0.15, -0.1) is 12.4 Å². The first-order valence-corrected chi connectivity index (χ1v) is 8.58. The summed E-state index contributed by atoms with van der Waals surface area (Å²) in [5.41, 5.74) is 0. The Kier molecular flexibility index (Phi) is 9.96. The molecular formula is C18H28ClN3O3. The number of piperidine rings is 1. The van der Waals surface area contributed by atoms with Crippen molar-refractivity contribution in [2.24, 2.45) is 5.92 Å². The van der Waals surface area contributed by atoms with E-state index in [1.807, 2.05) is 42.3 Å². The lowest BCUT2D eigenvalue weighted by Crippen LogP contribution is -2.44. The molecule has 1 saturated heterocycles. The highest BCUT2D eigenvalue weighted by Gasteiger charge is 2.26. The Morgan fingerprint density at radius 3 is 2.48 bits per heavy atom. The Hall–Kier alpha value is -1.79. The number of carbonyl (C=O) groups is 2. The summed E-state index contributed by atoms with van der Waals surface area (Å²) in [4.78, 5) is 26.1. The van der Waals surface area contributed by atoms with Crippen LogP contribution in [0.5, 0.6) is 5.75 Å². The molecule has 2 rings (SSSR count). The van der Waals surface area contributed by atoms with Crippen molar-refractivity contribution < 1.29 is 14.3 Å². The van der Waals surface area contributed by atoms with E-state index in [0.29, 0.717) is 32.7 Å². The Labute approximate surface area is 155 Å². The zero-order chi connectivity index (χ0) is 17.2. The predicted octanol–water partition coefficient (Wildman–Crippen LogP) is 1.45. The summed E-state index contributed by atoms with van der Waals surface area (Å²) in [7, 11) is 1.86. The molecule has 0 spiro atoms. The number of hydrogen-bond acceptors (Lipinski definition) is 4. The van der Waals surface area contributed by atoms with E-state index in [1.54, 1.807) is 0 Å². The molecule has 140 valence electrons. The third kappa shape index (κ3) is 7.32. The minimum absolute atomic E-state index is 0. The van der Waals surface area contributed by atoms with Gasteiger partial charge in [0, 0.05) is 32.1 Å².